The Bertz CT molecular complexity index is 743. The first-order valence-electron chi connectivity index (χ1n) is 6.19. The molecule has 1 N–H and O–H groups in total. The second kappa shape index (κ2) is 5.84. The molecule has 106 valence electrons. The summed E-state index contributed by atoms with van der Waals surface area (Å²) in [6, 6.07) is 11.1. The summed E-state index contributed by atoms with van der Waals surface area (Å²) in [4.78, 5) is 0. The van der Waals surface area contributed by atoms with Crippen LogP contribution in [0.5, 0.6) is 11.5 Å². The van der Waals surface area contributed by atoms with Crippen molar-refractivity contribution in [2.75, 3.05) is 12.1 Å². The highest BCUT2D eigenvalue weighted by Crippen LogP contribution is 2.40. The zero-order valence-corrected chi connectivity index (χ0v) is 13.2. The third kappa shape index (κ3) is 2.92. The lowest BCUT2D eigenvalue weighted by molar-refractivity contribution is 0.173. The summed E-state index contributed by atoms with van der Waals surface area (Å²) in [5.74, 6) is 1.46. The van der Waals surface area contributed by atoms with Crippen molar-refractivity contribution in [2.24, 2.45) is 0 Å². The van der Waals surface area contributed by atoms with E-state index in [1.165, 1.54) is 0 Å². The Labute approximate surface area is 135 Å². The number of rotatable bonds is 3. The van der Waals surface area contributed by atoms with Gasteiger partial charge in [-0.05, 0) is 51.8 Å². The molecule has 21 heavy (non-hydrogen) atoms. The molecule has 2 aromatic rings. The zero-order valence-electron chi connectivity index (χ0n) is 10.8. The second-order valence-corrected chi connectivity index (χ2v) is 5.73. The average Bonchev–Trinajstić information content (AvgIpc) is 2.95. The van der Waals surface area contributed by atoms with Gasteiger partial charge in [-0.15, -0.1) is 0 Å². The quantitative estimate of drug-likeness (QED) is 0.880. The number of nitrogens with zero attached hydrogens (tertiary/aromatic N) is 1. The van der Waals surface area contributed by atoms with Gasteiger partial charge in [0.05, 0.1) is 26.8 Å². The van der Waals surface area contributed by atoms with E-state index >= 15 is 0 Å². The lowest BCUT2D eigenvalue weighted by Crippen LogP contribution is -2.00. The lowest BCUT2D eigenvalue weighted by Gasteiger charge is -2.10. The van der Waals surface area contributed by atoms with Crippen molar-refractivity contribution in [1.82, 2.24) is 0 Å². The molecule has 1 aliphatic rings. The van der Waals surface area contributed by atoms with Crippen molar-refractivity contribution >= 4 is 33.2 Å². The molecule has 0 radical (unpaired) electrons. The maximum absolute atomic E-state index is 8.82. The molecule has 0 amide bonds. The third-order valence-electron chi connectivity index (χ3n) is 3.07. The summed E-state index contributed by atoms with van der Waals surface area (Å²) >= 11 is 9.59. The topological polar surface area (TPSA) is 54.3 Å². The number of nitrogens with one attached hydrogen (secondary N) is 1. The number of benzene rings is 2. The molecule has 3 rings (SSSR count). The molecule has 0 aliphatic carbocycles. The summed E-state index contributed by atoms with van der Waals surface area (Å²) in [6.07, 6.45) is 0. The van der Waals surface area contributed by atoms with Crippen LogP contribution in [0.4, 0.5) is 5.69 Å². The van der Waals surface area contributed by atoms with Crippen LogP contribution in [0.1, 0.15) is 11.1 Å². The first-order valence-corrected chi connectivity index (χ1v) is 7.36. The van der Waals surface area contributed by atoms with Gasteiger partial charge in [-0.3, -0.25) is 0 Å². The van der Waals surface area contributed by atoms with Gasteiger partial charge in [0.2, 0.25) is 6.79 Å². The summed E-state index contributed by atoms with van der Waals surface area (Å²) in [7, 11) is 0. The number of halogens is 2. The van der Waals surface area contributed by atoms with E-state index in [0.29, 0.717) is 17.1 Å². The molecule has 0 unspecified atom stereocenters. The molecule has 0 atom stereocenters. The molecule has 1 heterocycles. The van der Waals surface area contributed by atoms with Crippen LogP contribution < -0.4 is 14.8 Å². The number of nitriles is 1. The van der Waals surface area contributed by atoms with Crippen molar-refractivity contribution in [2.45, 2.75) is 6.54 Å². The van der Waals surface area contributed by atoms with Gasteiger partial charge in [-0.25, -0.2) is 0 Å². The van der Waals surface area contributed by atoms with Crippen molar-refractivity contribution < 1.29 is 9.47 Å². The molecule has 1 aliphatic heterocycles. The maximum atomic E-state index is 8.82. The SMILES string of the molecule is N#Cc1ccc(NCc2cc(Br)c3c(c2)OCO3)c(Cl)c1. The van der Waals surface area contributed by atoms with Crippen LogP contribution in [0.15, 0.2) is 34.8 Å². The van der Waals surface area contributed by atoms with Crippen LogP contribution in [0, 0.1) is 11.3 Å². The Kier molecular flexibility index (Phi) is 3.91. The Morgan fingerprint density at radius 3 is 2.90 bits per heavy atom. The fourth-order valence-corrected chi connectivity index (χ4v) is 2.90. The van der Waals surface area contributed by atoms with Crippen LogP contribution in [-0.4, -0.2) is 6.79 Å². The van der Waals surface area contributed by atoms with Gasteiger partial charge in [-0.1, -0.05) is 11.6 Å². The van der Waals surface area contributed by atoms with Gasteiger partial charge < -0.3 is 14.8 Å². The Morgan fingerprint density at radius 2 is 2.14 bits per heavy atom. The van der Waals surface area contributed by atoms with E-state index in [1.54, 1.807) is 18.2 Å². The van der Waals surface area contributed by atoms with Crippen molar-refractivity contribution in [3.05, 3.63) is 51.0 Å². The van der Waals surface area contributed by atoms with Crippen LogP contribution in [0.25, 0.3) is 0 Å². The van der Waals surface area contributed by atoms with Crippen LogP contribution >= 0.6 is 27.5 Å². The lowest BCUT2D eigenvalue weighted by atomic mass is 10.2. The summed E-state index contributed by atoms with van der Waals surface area (Å²) in [6.45, 7) is 0.827. The third-order valence-corrected chi connectivity index (χ3v) is 3.97. The monoisotopic (exact) mass is 364 g/mol. The highest BCUT2D eigenvalue weighted by Gasteiger charge is 2.17. The highest BCUT2D eigenvalue weighted by atomic mass is 79.9. The molecular weight excluding hydrogens is 356 g/mol. The molecule has 0 bridgehead atoms. The van der Waals surface area contributed by atoms with Crippen molar-refractivity contribution in [3.63, 3.8) is 0 Å². The summed E-state index contributed by atoms with van der Waals surface area (Å²) in [5, 5.41) is 12.6. The van der Waals surface area contributed by atoms with Crippen LogP contribution in [0.2, 0.25) is 5.02 Å². The molecule has 0 saturated heterocycles. The number of hydrogen-bond acceptors (Lipinski definition) is 4. The van der Waals surface area contributed by atoms with E-state index in [0.717, 1.165) is 27.2 Å². The average molecular weight is 366 g/mol. The highest BCUT2D eigenvalue weighted by molar-refractivity contribution is 9.10. The predicted octanol–water partition coefficient (Wildman–Crippen LogP) is 4.31. The largest absolute Gasteiger partial charge is 0.454 e. The minimum absolute atomic E-state index is 0.242. The van der Waals surface area contributed by atoms with Gasteiger partial charge in [-0.2, -0.15) is 5.26 Å². The fourth-order valence-electron chi connectivity index (χ4n) is 2.05. The van der Waals surface area contributed by atoms with E-state index in [1.807, 2.05) is 12.1 Å². The van der Waals surface area contributed by atoms with E-state index in [4.69, 9.17) is 26.3 Å². The number of ether oxygens (including phenoxy) is 2. The normalized spacial score (nSPS) is 12.0. The fraction of sp³-hybridized carbons (Fsp3) is 0.133. The molecule has 0 spiro atoms. The zero-order chi connectivity index (χ0) is 14.8. The molecule has 2 aromatic carbocycles. The molecule has 6 heteroatoms. The van der Waals surface area contributed by atoms with Gasteiger partial charge >= 0.3 is 0 Å². The van der Waals surface area contributed by atoms with Gasteiger partial charge in [0.1, 0.15) is 0 Å². The second-order valence-electron chi connectivity index (χ2n) is 4.47. The van der Waals surface area contributed by atoms with E-state index < -0.39 is 0 Å². The summed E-state index contributed by atoms with van der Waals surface area (Å²) in [5.41, 5.74) is 2.35. The Hall–Kier alpha value is -1.90. The summed E-state index contributed by atoms with van der Waals surface area (Å²) < 4.78 is 11.6. The molecule has 0 aromatic heterocycles. The van der Waals surface area contributed by atoms with E-state index in [-0.39, 0.29) is 6.79 Å². The van der Waals surface area contributed by atoms with Crippen molar-refractivity contribution in [3.8, 4) is 17.6 Å². The molecular formula is C15H10BrClN2O2. The minimum Gasteiger partial charge on any atom is -0.454 e. The predicted molar refractivity (Wildman–Crippen MR) is 83.8 cm³/mol. The van der Waals surface area contributed by atoms with E-state index in [9.17, 15) is 0 Å². The first kappa shape index (κ1) is 14.1. The van der Waals surface area contributed by atoms with Gasteiger partial charge in [0.15, 0.2) is 11.5 Å². The van der Waals surface area contributed by atoms with Crippen molar-refractivity contribution in [1.29, 1.82) is 5.26 Å². The van der Waals surface area contributed by atoms with E-state index in [2.05, 4.69) is 27.3 Å². The number of fused-ring (bicyclic) bond motifs is 1. The Morgan fingerprint density at radius 1 is 1.29 bits per heavy atom. The number of anilines is 1. The maximum Gasteiger partial charge on any atom is 0.231 e. The minimum atomic E-state index is 0.242. The Balaban J connectivity index is 1.77. The van der Waals surface area contributed by atoms with Crippen LogP contribution in [-0.2, 0) is 6.54 Å². The van der Waals surface area contributed by atoms with Gasteiger partial charge in [0.25, 0.3) is 0 Å². The first-order chi connectivity index (χ1) is 10.2. The number of hydrogen-bond donors (Lipinski definition) is 1. The van der Waals surface area contributed by atoms with Crippen LogP contribution in [0.3, 0.4) is 0 Å². The molecule has 0 saturated carbocycles. The van der Waals surface area contributed by atoms with Gasteiger partial charge in [0, 0.05) is 6.54 Å². The molecule has 0 fully saturated rings. The standard InChI is InChI=1S/C15H10BrClN2O2/c16-11-3-10(5-14-15(11)21-8-20-14)7-19-13-2-1-9(6-18)4-12(13)17/h1-5,19H,7-8H2. The smallest absolute Gasteiger partial charge is 0.231 e. The molecule has 4 nitrogen and oxygen atoms in total.